The fourth-order valence-corrected chi connectivity index (χ4v) is 1.18. The average Bonchev–Trinajstić information content (AvgIpc) is 2.11. The number of aryl methyl sites for hydroxylation is 1. The molecule has 1 aromatic heterocycles. The van der Waals surface area contributed by atoms with Gasteiger partial charge in [0.05, 0.1) is 5.56 Å². The van der Waals surface area contributed by atoms with Gasteiger partial charge >= 0.3 is 12.1 Å². The molecule has 0 aliphatic heterocycles. The van der Waals surface area contributed by atoms with Crippen LogP contribution < -0.4 is 11.4 Å². The van der Waals surface area contributed by atoms with Gasteiger partial charge < -0.3 is 10.9 Å². The largest absolute Gasteiger partial charge is 0.477 e. The summed E-state index contributed by atoms with van der Waals surface area (Å²) >= 11 is 0. The Hall–Kier alpha value is -1.99. The Morgan fingerprint density at radius 1 is 1.50 bits per heavy atom. The van der Waals surface area contributed by atoms with Crippen LogP contribution in [0.25, 0.3) is 0 Å². The molecule has 1 aromatic rings. The SMILES string of the molecule is Cc1cc(C(F)(F)F)c(C(=O)O)c(=O)n1N. The van der Waals surface area contributed by atoms with Crippen molar-refractivity contribution in [3.8, 4) is 0 Å². The van der Waals surface area contributed by atoms with Crippen molar-refractivity contribution >= 4 is 5.97 Å². The van der Waals surface area contributed by atoms with Crippen molar-refractivity contribution in [1.29, 1.82) is 0 Å². The van der Waals surface area contributed by atoms with E-state index in [-0.39, 0.29) is 5.69 Å². The molecule has 0 saturated carbocycles. The molecule has 0 radical (unpaired) electrons. The fraction of sp³-hybridized carbons (Fsp3) is 0.250. The number of pyridine rings is 1. The highest BCUT2D eigenvalue weighted by molar-refractivity contribution is 5.89. The van der Waals surface area contributed by atoms with Crippen LogP contribution in [0.5, 0.6) is 0 Å². The Bertz CT molecular complexity index is 504. The van der Waals surface area contributed by atoms with Crippen molar-refractivity contribution in [2.75, 3.05) is 5.84 Å². The van der Waals surface area contributed by atoms with Crippen molar-refractivity contribution in [3.05, 3.63) is 33.2 Å². The first-order valence-corrected chi connectivity index (χ1v) is 3.98. The maximum absolute atomic E-state index is 12.4. The lowest BCUT2D eigenvalue weighted by Crippen LogP contribution is -2.36. The van der Waals surface area contributed by atoms with E-state index in [2.05, 4.69) is 0 Å². The van der Waals surface area contributed by atoms with Gasteiger partial charge in [0.1, 0.15) is 5.56 Å². The third-order valence-electron chi connectivity index (χ3n) is 1.95. The minimum absolute atomic E-state index is 0.178. The van der Waals surface area contributed by atoms with Crippen LogP contribution in [0, 0.1) is 6.92 Å². The van der Waals surface area contributed by atoms with Crippen molar-refractivity contribution in [2.45, 2.75) is 13.1 Å². The van der Waals surface area contributed by atoms with E-state index in [0.717, 1.165) is 0 Å². The lowest BCUT2D eigenvalue weighted by atomic mass is 10.1. The summed E-state index contributed by atoms with van der Waals surface area (Å²) in [5.74, 6) is 3.14. The Kier molecular flexibility index (Phi) is 2.68. The highest BCUT2D eigenvalue weighted by Gasteiger charge is 2.37. The summed E-state index contributed by atoms with van der Waals surface area (Å²) in [6.45, 7) is 1.17. The Morgan fingerprint density at radius 3 is 2.38 bits per heavy atom. The summed E-state index contributed by atoms with van der Waals surface area (Å²) in [5, 5.41) is 8.56. The number of hydrogen-bond donors (Lipinski definition) is 2. The van der Waals surface area contributed by atoms with Crippen LogP contribution in [-0.4, -0.2) is 15.8 Å². The molecule has 0 saturated heterocycles. The van der Waals surface area contributed by atoms with Crippen LogP contribution in [0.15, 0.2) is 10.9 Å². The monoisotopic (exact) mass is 236 g/mol. The molecule has 1 rings (SSSR count). The van der Waals surface area contributed by atoms with Crippen molar-refractivity contribution in [2.24, 2.45) is 0 Å². The topological polar surface area (TPSA) is 85.3 Å². The highest BCUT2D eigenvalue weighted by atomic mass is 19.4. The second-order valence-electron chi connectivity index (χ2n) is 3.05. The number of hydrogen-bond acceptors (Lipinski definition) is 3. The second-order valence-corrected chi connectivity index (χ2v) is 3.05. The number of nitrogen functional groups attached to an aromatic ring is 1. The lowest BCUT2D eigenvalue weighted by Gasteiger charge is -2.12. The first-order valence-electron chi connectivity index (χ1n) is 3.98. The molecule has 1 heterocycles. The zero-order valence-corrected chi connectivity index (χ0v) is 8.00. The van der Waals surface area contributed by atoms with Gasteiger partial charge in [0, 0.05) is 5.69 Å². The maximum atomic E-state index is 12.4. The quantitative estimate of drug-likeness (QED) is 0.698. The summed E-state index contributed by atoms with van der Waals surface area (Å²) in [4.78, 5) is 21.8. The van der Waals surface area contributed by atoms with E-state index in [1.807, 2.05) is 0 Å². The minimum atomic E-state index is -4.91. The van der Waals surface area contributed by atoms with Crippen LogP contribution >= 0.6 is 0 Å². The standard InChI is InChI=1S/C8H7F3N2O3/c1-3-2-4(8(9,10)11)5(7(15)16)6(14)13(3)12/h2H,12H2,1H3,(H,15,16). The molecule has 0 bridgehead atoms. The molecular formula is C8H7F3N2O3. The second kappa shape index (κ2) is 3.54. The number of halogens is 3. The van der Waals surface area contributed by atoms with Gasteiger partial charge in [-0.3, -0.25) is 4.79 Å². The molecule has 0 aliphatic carbocycles. The van der Waals surface area contributed by atoms with Gasteiger partial charge in [0.2, 0.25) is 0 Å². The molecule has 88 valence electrons. The zero-order valence-electron chi connectivity index (χ0n) is 8.00. The Labute approximate surface area is 86.9 Å². The summed E-state index contributed by atoms with van der Waals surface area (Å²) in [6, 6.07) is 0.519. The molecule has 0 aliphatic rings. The van der Waals surface area contributed by atoms with Gasteiger partial charge in [-0.05, 0) is 13.0 Å². The molecule has 0 spiro atoms. The third kappa shape index (κ3) is 1.86. The summed E-state index contributed by atoms with van der Waals surface area (Å²) < 4.78 is 37.7. The number of carboxylic acids is 1. The molecular weight excluding hydrogens is 229 g/mol. The first kappa shape index (κ1) is 12.1. The maximum Gasteiger partial charge on any atom is 0.417 e. The number of aromatic nitrogens is 1. The predicted molar refractivity (Wildman–Crippen MR) is 47.6 cm³/mol. The van der Waals surface area contributed by atoms with Gasteiger partial charge in [-0.25, -0.2) is 9.47 Å². The van der Waals surface area contributed by atoms with Crippen molar-refractivity contribution in [1.82, 2.24) is 4.68 Å². The fourth-order valence-electron chi connectivity index (χ4n) is 1.18. The predicted octanol–water partition coefficient (Wildman–Crippen LogP) is 0.588. The molecule has 0 unspecified atom stereocenters. The smallest absolute Gasteiger partial charge is 0.417 e. The van der Waals surface area contributed by atoms with Crippen LogP contribution in [0.3, 0.4) is 0 Å². The van der Waals surface area contributed by atoms with Crippen molar-refractivity contribution < 1.29 is 23.1 Å². The number of carboxylic acid groups (broad SMARTS) is 1. The van der Waals surface area contributed by atoms with Gasteiger partial charge in [-0.2, -0.15) is 13.2 Å². The van der Waals surface area contributed by atoms with Crippen LogP contribution in [-0.2, 0) is 6.18 Å². The lowest BCUT2D eigenvalue weighted by molar-refractivity contribution is -0.138. The van der Waals surface area contributed by atoms with E-state index in [1.54, 1.807) is 0 Å². The summed E-state index contributed by atoms with van der Waals surface area (Å²) in [6.07, 6.45) is -4.91. The zero-order chi connectivity index (χ0) is 12.7. The van der Waals surface area contributed by atoms with E-state index >= 15 is 0 Å². The number of aromatic carboxylic acids is 1. The van der Waals surface area contributed by atoms with Crippen LogP contribution in [0.4, 0.5) is 13.2 Å². The molecule has 0 fully saturated rings. The van der Waals surface area contributed by atoms with E-state index in [9.17, 15) is 22.8 Å². The molecule has 5 nitrogen and oxygen atoms in total. The van der Waals surface area contributed by atoms with E-state index in [0.29, 0.717) is 10.7 Å². The van der Waals surface area contributed by atoms with Crippen LogP contribution in [0.2, 0.25) is 0 Å². The first-order chi connectivity index (χ1) is 7.16. The third-order valence-corrected chi connectivity index (χ3v) is 1.95. The van der Waals surface area contributed by atoms with Gasteiger partial charge in [0.25, 0.3) is 5.56 Å². The summed E-state index contributed by atoms with van der Waals surface area (Å²) in [5.41, 5.74) is -4.44. The average molecular weight is 236 g/mol. The number of carbonyl (C=O) groups is 1. The molecule has 0 aromatic carbocycles. The highest BCUT2D eigenvalue weighted by Crippen LogP contribution is 2.31. The van der Waals surface area contributed by atoms with Gasteiger partial charge in [0.15, 0.2) is 0 Å². The normalized spacial score (nSPS) is 11.5. The molecule has 0 amide bonds. The Morgan fingerprint density at radius 2 is 2.00 bits per heavy atom. The van der Waals surface area contributed by atoms with Crippen LogP contribution in [0.1, 0.15) is 21.6 Å². The van der Waals surface area contributed by atoms with E-state index in [1.165, 1.54) is 6.92 Å². The molecule has 3 N–H and O–H groups in total. The number of nitrogens with two attached hydrogens (primary N) is 1. The molecule has 8 heteroatoms. The Balaban J connectivity index is 3.75. The van der Waals surface area contributed by atoms with Crippen molar-refractivity contribution in [3.63, 3.8) is 0 Å². The van der Waals surface area contributed by atoms with E-state index < -0.39 is 28.8 Å². The minimum Gasteiger partial charge on any atom is -0.477 e. The number of rotatable bonds is 1. The number of alkyl halides is 3. The molecule has 0 atom stereocenters. The van der Waals surface area contributed by atoms with E-state index in [4.69, 9.17) is 10.9 Å². The van der Waals surface area contributed by atoms with Gasteiger partial charge in [-0.15, -0.1) is 0 Å². The molecule has 16 heavy (non-hydrogen) atoms. The summed E-state index contributed by atoms with van der Waals surface area (Å²) in [7, 11) is 0. The van der Waals surface area contributed by atoms with Gasteiger partial charge in [-0.1, -0.05) is 0 Å². The number of nitrogens with zero attached hydrogens (tertiary/aromatic N) is 1.